The van der Waals surface area contributed by atoms with Gasteiger partial charge in [-0.2, -0.15) is 5.10 Å². The number of benzene rings is 2. The minimum absolute atomic E-state index is 0.0504. The summed E-state index contributed by atoms with van der Waals surface area (Å²) >= 11 is 0. The number of hydrogen-bond acceptors (Lipinski definition) is 8. The van der Waals surface area contributed by atoms with Gasteiger partial charge >= 0.3 is 5.69 Å². The lowest BCUT2D eigenvalue weighted by Gasteiger charge is -2.03. The highest BCUT2D eigenvalue weighted by molar-refractivity contribution is 5.81. The molecule has 154 valence electrons. The fourth-order valence-electron chi connectivity index (χ4n) is 2.67. The van der Waals surface area contributed by atoms with Crippen LogP contribution in [0.2, 0.25) is 0 Å². The number of hydrogen-bond donors (Lipinski definition) is 2. The van der Waals surface area contributed by atoms with Crippen LogP contribution in [0, 0.1) is 27.2 Å². The predicted octanol–water partition coefficient (Wildman–Crippen LogP) is 2.75. The lowest BCUT2D eigenvalue weighted by molar-refractivity contribution is -0.393. The number of nitrogens with zero attached hydrogens (tertiary/aromatic N) is 4. The first-order valence-electron chi connectivity index (χ1n) is 8.49. The summed E-state index contributed by atoms with van der Waals surface area (Å²) in [5.41, 5.74) is 2.45. The van der Waals surface area contributed by atoms with Crippen LogP contribution in [0.25, 0.3) is 5.69 Å². The highest BCUT2D eigenvalue weighted by Crippen LogP contribution is 2.28. The fraction of sp³-hybridized carbons (Fsp3) is 0.111. The highest BCUT2D eigenvalue weighted by atomic mass is 16.6. The van der Waals surface area contributed by atoms with E-state index in [-0.39, 0.29) is 16.8 Å². The molecule has 0 amide bonds. The van der Waals surface area contributed by atoms with Crippen molar-refractivity contribution in [2.24, 2.45) is 5.10 Å². The Hall–Kier alpha value is -4.48. The Kier molecular flexibility index (Phi) is 5.58. The SMILES string of the molecule is COc1ccc(-n2[nH]c(C)c(C=NNc3ccc([N+](=O)[O-])cc3[N+](=O)[O-])c2=O)cc1. The Morgan fingerprint density at radius 3 is 2.43 bits per heavy atom. The molecule has 0 unspecified atom stereocenters. The average molecular weight is 412 g/mol. The van der Waals surface area contributed by atoms with Gasteiger partial charge in [-0.1, -0.05) is 0 Å². The number of anilines is 1. The molecule has 0 aliphatic rings. The van der Waals surface area contributed by atoms with Crippen molar-refractivity contribution in [2.45, 2.75) is 6.92 Å². The molecule has 0 spiro atoms. The zero-order chi connectivity index (χ0) is 21.8. The van der Waals surface area contributed by atoms with Gasteiger partial charge in [-0.3, -0.25) is 35.5 Å². The molecule has 3 rings (SSSR count). The number of non-ortho nitro benzene ring substituents is 1. The highest BCUT2D eigenvalue weighted by Gasteiger charge is 2.19. The third-order valence-electron chi connectivity index (χ3n) is 4.22. The van der Waals surface area contributed by atoms with Crippen molar-refractivity contribution in [3.8, 4) is 11.4 Å². The topological polar surface area (TPSA) is 158 Å². The molecule has 0 aliphatic heterocycles. The lowest BCUT2D eigenvalue weighted by Crippen LogP contribution is -2.17. The summed E-state index contributed by atoms with van der Waals surface area (Å²) < 4.78 is 6.42. The van der Waals surface area contributed by atoms with Crippen LogP contribution in [-0.2, 0) is 0 Å². The van der Waals surface area contributed by atoms with E-state index in [1.807, 2.05) is 0 Å². The maximum atomic E-state index is 12.7. The zero-order valence-electron chi connectivity index (χ0n) is 15.9. The third kappa shape index (κ3) is 4.01. The Morgan fingerprint density at radius 2 is 1.83 bits per heavy atom. The summed E-state index contributed by atoms with van der Waals surface area (Å²) in [5, 5.41) is 28.8. The molecule has 0 atom stereocenters. The van der Waals surface area contributed by atoms with Gasteiger partial charge in [-0.05, 0) is 37.3 Å². The van der Waals surface area contributed by atoms with Crippen molar-refractivity contribution >= 4 is 23.3 Å². The molecule has 2 aromatic carbocycles. The van der Waals surface area contributed by atoms with E-state index in [4.69, 9.17) is 4.74 Å². The number of nitro benzene ring substituents is 2. The first kappa shape index (κ1) is 20.3. The molecule has 1 aromatic heterocycles. The van der Waals surface area contributed by atoms with Crippen LogP contribution in [0.5, 0.6) is 5.75 Å². The van der Waals surface area contributed by atoms with E-state index < -0.39 is 21.2 Å². The number of aryl methyl sites for hydroxylation is 1. The molecule has 12 nitrogen and oxygen atoms in total. The molecule has 30 heavy (non-hydrogen) atoms. The van der Waals surface area contributed by atoms with Gasteiger partial charge in [0.15, 0.2) is 0 Å². The van der Waals surface area contributed by atoms with Crippen molar-refractivity contribution < 1.29 is 14.6 Å². The summed E-state index contributed by atoms with van der Waals surface area (Å²) in [7, 11) is 1.54. The standard InChI is InChI=1S/C18H16N6O6/c1-11-15(18(25)22(21-11)12-3-6-14(30-2)7-4-12)10-19-20-16-8-5-13(23(26)27)9-17(16)24(28)29/h3-10,20-21H,1-2H3. The second kappa shape index (κ2) is 8.26. The number of methoxy groups -OCH3 is 1. The van der Waals surface area contributed by atoms with E-state index in [0.29, 0.717) is 17.1 Å². The molecule has 2 N–H and O–H groups in total. The second-order valence-corrected chi connectivity index (χ2v) is 6.07. The summed E-state index contributed by atoms with van der Waals surface area (Å²) in [4.78, 5) is 33.2. The van der Waals surface area contributed by atoms with E-state index in [9.17, 15) is 25.0 Å². The van der Waals surface area contributed by atoms with E-state index in [2.05, 4.69) is 15.6 Å². The van der Waals surface area contributed by atoms with Gasteiger partial charge in [0.05, 0.1) is 40.5 Å². The van der Waals surface area contributed by atoms with Crippen molar-refractivity contribution in [2.75, 3.05) is 12.5 Å². The number of ether oxygens (including phenoxy) is 1. The van der Waals surface area contributed by atoms with Gasteiger partial charge in [0.1, 0.15) is 11.4 Å². The van der Waals surface area contributed by atoms with Gasteiger partial charge in [0.2, 0.25) is 0 Å². The molecule has 0 saturated heterocycles. The van der Waals surface area contributed by atoms with Crippen LogP contribution in [-0.4, -0.2) is 33.0 Å². The smallest absolute Gasteiger partial charge is 0.301 e. The first-order valence-corrected chi connectivity index (χ1v) is 8.49. The molecule has 12 heteroatoms. The molecule has 0 fully saturated rings. The Morgan fingerprint density at radius 1 is 1.13 bits per heavy atom. The van der Waals surface area contributed by atoms with E-state index in [0.717, 1.165) is 12.1 Å². The lowest BCUT2D eigenvalue weighted by atomic mass is 10.2. The van der Waals surface area contributed by atoms with E-state index in [1.165, 1.54) is 24.1 Å². The summed E-state index contributed by atoms with van der Waals surface area (Å²) in [6.45, 7) is 1.68. The number of H-pyrrole nitrogens is 1. The summed E-state index contributed by atoms with van der Waals surface area (Å²) in [5.74, 6) is 0.644. The largest absolute Gasteiger partial charge is 0.497 e. The molecule has 0 aliphatic carbocycles. The van der Waals surface area contributed by atoms with Crippen LogP contribution in [0.15, 0.2) is 52.4 Å². The molecule has 0 saturated carbocycles. The maximum Gasteiger partial charge on any atom is 0.301 e. The van der Waals surface area contributed by atoms with E-state index in [1.54, 1.807) is 31.2 Å². The molecule has 0 bridgehead atoms. The van der Waals surface area contributed by atoms with Gasteiger partial charge in [0.25, 0.3) is 11.2 Å². The zero-order valence-corrected chi connectivity index (χ0v) is 15.9. The minimum Gasteiger partial charge on any atom is -0.497 e. The van der Waals surface area contributed by atoms with Crippen LogP contribution >= 0.6 is 0 Å². The Bertz CT molecular complexity index is 1190. The van der Waals surface area contributed by atoms with Crippen molar-refractivity contribution in [3.05, 3.63) is 84.3 Å². The van der Waals surface area contributed by atoms with Crippen LogP contribution in [0.3, 0.4) is 0 Å². The third-order valence-corrected chi connectivity index (χ3v) is 4.22. The monoisotopic (exact) mass is 412 g/mol. The van der Waals surface area contributed by atoms with Gasteiger partial charge in [-0.25, -0.2) is 4.68 Å². The Balaban J connectivity index is 1.87. The normalized spacial score (nSPS) is 10.9. The van der Waals surface area contributed by atoms with Crippen molar-refractivity contribution in [1.29, 1.82) is 0 Å². The number of aromatic amines is 1. The van der Waals surface area contributed by atoms with Crippen molar-refractivity contribution in [1.82, 2.24) is 9.78 Å². The molecular weight excluding hydrogens is 396 g/mol. The maximum absolute atomic E-state index is 12.7. The number of nitro groups is 2. The first-order chi connectivity index (χ1) is 14.3. The van der Waals surface area contributed by atoms with Gasteiger partial charge in [0, 0.05) is 11.8 Å². The molecule has 0 radical (unpaired) electrons. The quantitative estimate of drug-likeness (QED) is 0.343. The van der Waals surface area contributed by atoms with Crippen LogP contribution < -0.4 is 15.7 Å². The second-order valence-electron chi connectivity index (χ2n) is 6.07. The Labute approximate surface area is 168 Å². The number of aromatic nitrogens is 2. The fourth-order valence-corrected chi connectivity index (χ4v) is 2.67. The number of rotatable bonds is 7. The van der Waals surface area contributed by atoms with Crippen molar-refractivity contribution in [3.63, 3.8) is 0 Å². The minimum atomic E-state index is -0.761. The summed E-state index contributed by atoms with van der Waals surface area (Å²) in [6.07, 6.45) is 1.22. The van der Waals surface area contributed by atoms with Gasteiger partial charge < -0.3 is 4.74 Å². The van der Waals surface area contributed by atoms with Crippen LogP contribution in [0.1, 0.15) is 11.3 Å². The molecular formula is C18H16N6O6. The molecule has 1 heterocycles. The van der Waals surface area contributed by atoms with Crippen LogP contribution in [0.4, 0.5) is 17.1 Å². The summed E-state index contributed by atoms with van der Waals surface area (Å²) in [6, 6.07) is 9.94. The predicted molar refractivity (Wildman–Crippen MR) is 109 cm³/mol. The number of hydrazone groups is 1. The van der Waals surface area contributed by atoms with E-state index >= 15 is 0 Å². The average Bonchev–Trinajstić information content (AvgIpc) is 3.02. The van der Waals surface area contributed by atoms with Gasteiger partial charge in [-0.15, -0.1) is 0 Å². The molecule has 3 aromatic rings. The number of nitrogens with one attached hydrogen (secondary N) is 2.